The lowest BCUT2D eigenvalue weighted by Gasteiger charge is -2.16. The van der Waals surface area contributed by atoms with E-state index in [1.54, 1.807) is 0 Å². The van der Waals surface area contributed by atoms with Gasteiger partial charge in [-0.25, -0.2) is 4.98 Å². The van der Waals surface area contributed by atoms with Crippen molar-refractivity contribution in [2.45, 2.75) is 27.2 Å². The first-order valence-corrected chi connectivity index (χ1v) is 10.5. The second-order valence-electron chi connectivity index (χ2n) is 7.96. The molecule has 0 aliphatic carbocycles. The maximum Gasteiger partial charge on any atom is 0.123 e. The van der Waals surface area contributed by atoms with Crippen molar-refractivity contribution in [1.82, 2.24) is 4.98 Å². The van der Waals surface area contributed by atoms with E-state index in [4.69, 9.17) is 4.98 Å². The van der Waals surface area contributed by atoms with Gasteiger partial charge in [0.05, 0.1) is 11.2 Å². The van der Waals surface area contributed by atoms with Gasteiger partial charge >= 0.3 is 0 Å². The number of rotatable bonds is 5. The molecule has 1 heterocycles. The maximum absolute atomic E-state index is 10.9. The van der Waals surface area contributed by atoms with Gasteiger partial charge in [-0.3, -0.25) is 0 Å². The van der Waals surface area contributed by atoms with E-state index in [1.165, 1.54) is 10.8 Å². The lowest BCUT2D eigenvalue weighted by Crippen LogP contribution is -2.02. The number of aliphatic hydroxyl groups excluding tert-OH is 1. The lowest BCUT2D eigenvalue weighted by molar-refractivity contribution is 0.419. The van der Waals surface area contributed by atoms with Gasteiger partial charge in [-0.05, 0) is 51.9 Å². The van der Waals surface area contributed by atoms with Gasteiger partial charge in [-0.2, -0.15) is 0 Å². The number of aliphatic hydroxyl groups is 1. The molecular weight excluding hydrogens is 366 g/mol. The quantitative estimate of drug-likeness (QED) is 0.212. The number of aromatic nitrogens is 1. The highest BCUT2D eigenvalue weighted by Crippen LogP contribution is 2.36. The van der Waals surface area contributed by atoms with E-state index >= 15 is 0 Å². The highest BCUT2D eigenvalue weighted by molar-refractivity contribution is 6.13. The Morgan fingerprint density at radius 1 is 0.967 bits per heavy atom. The van der Waals surface area contributed by atoms with E-state index in [2.05, 4.69) is 81.9 Å². The van der Waals surface area contributed by atoms with Crippen molar-refractivity contribution in [2.24, 2.45) is 5.92 Å². The topological polar surface area (TPSA) is 33.1 Å². The van der Waals surface area contributed by atoms with Crippen LogP contribution in [0.25, 0.3) is 38.4 Å². The first-order chi connectivity index (χ1) is 14.5. The van der Waals surface area contributed by atoms with Gasteiger partial charge in [-0.15, -0.1) is 0 Å². The summed E-state index contributed by atoms with van der Waals surface area (Å²) in [6.07, 6.45) is 0.784. The average molecular weight is 394 g/mol. The predicted octanol–water partition coefficient (Wildman–Crippen LogP) is 7.95. The number of fused-ring (bicyclic) bond motifs is 3. The molecule has 0 radical (unpaired) electrons. The van der Waals surface area contributed by atoms with Crippen molar-refractivity contribution in [1.29, 1.82) is 0 Å². The summed E-state index contributed by atoms with van der Waals surface area (Å²) < 4.78 is 0. The minimum atomic E-state index is 0.254. The van der Waals surface area contributed by atoms with Gasteiger partial charge in [0, 0.05) is 11.0 Å². The Morgan fingerprint density at radius 2 is 1.67 bits per heavy atom. The molecule has 0 bridgehead atoms. The van der Waals surface area contributed by atoms with Crippen LogP contribution in [0.5, 0.6) is 0 Å². The fourth-order valence-corrected chi connectivity index (χ4v) is 4.17. The Labute approximate surface area is 178 Å². The third kappa shape index (κ3) is 3.50. The van der Waals surface area contributed by atoms with Crippen molar-refractivity contribution in [3.05, 3.63) is 96.4 Å². The smallest absolute Gasteiger partial charge is 0.123 e. The van der Waals surface area contributed by atoms with Gasteiger partial charge < -0.3 is 5.11 Å². The second kappa shape index (κ2) is 8.16. The number of hydrogen-bond donors (Lipinski definition) is 1. The molecule has 2 nitrogen and oxygen atoms in total. The summed E-state index contributed by atoms with van der Waals surface area (Å²) >= 11 is 0. The Kier molecular flexibility index (Phi) is 5.41. The fourth-order valence-electron chi connectivity index (χ4n) is 4.17. The SMILES string of the molecule is C=C(/C(O)=C(/CC)C(C)C)c1cc(-c2ccccc2)c2c(ccc3ccccc32)n1. The van der Waals surface area contributed by atoms with Crippen LogP contribution < -0.4 is 0 Å². The highest BCUT2D eigenvalue weighted by atomic mass is 16.3. The summed E-state index contributed by atoms with van der Waals surface area (Å²) in [5, 5.41) is 14.4. The van der Waals surface area contributed by atoms with Crippen LogP contribution in [0.4, 0.5) is 0 Å². The van der Waals surface area contributed by atoms with E-state index in [1.807, 2.05) is 18.2 Å². The minimum Gasteiger partial charge on any atom is -0.507 e. The molecule has 0 saturated heterocycles. The molecule has 30 heavy (non-hydrogen) atoms. The molecule has 4 aromatic rings. The van der Waals surface area contributed by atoms with Gasteiger partial charge in [0.2, 0.25) is 0 Å². The molecule has 0 atom stereocenters. The molecule has 150 valence electrons. The fraction of sp³-hybridized carbons (Fsp3) is 0.179. The van der Waals surface area contributed by atoms with Gasteiger partial charge in [0.25, 0.3) is 0 Å². The largest absolute Gasteiger partial charge is 0.507 e. The number of pyridine rings is 1. The Bertz CT molecular complexity index is 1270. The summed E-state index contributed by atoms with van der Waals surface area (Å²) in [6, 6.07) is 25.0. The van der Waals surface area contributed by atoms with Crippen molar-refractivity contribution in [2.75, 3.05) is 0 Å². The third-order valence-corrected chi connectivity index (χ3v) is 5.76. The first-order valence-electron chi connectivity index (χ1n) is 10.5. The zero-order chi connectivity index (χ0) is 21.3. The third-order valence-electron chi connectivity index (χ3n) is 5.76. The van der Waals surface area contributed by atoms with Crippen molar-refractivity contribution >= 4 is 27.2 Å². The number of nitrogens with zero attached hydrogens (tertiary/aromatic N) is 1. The molecule has 0 aliphatic heterocycles. The maximum atomic E-state index is 10.9. The van der Waals surface area contributed by atoms with Crippen LogP contribution in [-0.4, -0.2) is 10.1 Å². The molecule has 0 saturated carbocycles. The lowest BCUT2D eigenvalue weighted by atomic mass is 9.92. The van der Waals surface area contributed by atoms with Crippen molar-refractivity contribution < 1.29 is 5.11 Å². The predicted molar refractivity (Wildman–Crippen MR) is 129 cm³/mol. The monoisotopic (exact) mass is 393 g/mol. The van der Waals surface area contributed by atoms with E-state index in [9.17, 15) is 5.11 Å². The van der Waals surface area contributed by atoms with Crippen LogP contribution in [0.1, 0.15) is 32.9 Å². The standard InChI is InChI=1S/C28H27NO/c1-5-22(18(2)3)28(30)19(4)26-17-24(20-11-7-6-8-12-20)27-23-14-10-9-13-21(23)15-16-25(27)29-26/h6-18,30H,4-5H2,1-3H3/b28-22+. The molecule has 4 rings (SSSR count). The normalized spacial score (nSPS) is 12.4. The summed E-state index contributed by atoms with van der Waals surface area (Å²) in [7, 11) is 0. The van der Waals surface area contributed by atoms with E-state index in [0.717, 1.165) is 34.0 Å². The van der Waals surface area contributed by atoms with E-state index in [0.29, 0.717) is 11.3 Å². The Hall–Kier alpha value is -3.39. The number of allylic oxidation sites excluding steroid dienone is 2. The highest BCUT2D eigenvalue weighted by Gasteiger charge is 2.17. The summed E-state index contributed by atoms with van der Waals surface area (Å²) in [4.78, 5) is 4.91. The van der Waals surface area contributed by atoms with Crippen LogP contribution >= 0.6 is 0 Å². The van der Waals surface area contributed by atoms with Crippen LogP contribution in [-0.2, 0) is 0 Å². The number of benzene rings is 3. The van der Waals surface area contributed by atoms with E-state index < -0.39 is 0 Å². The first kappa shape index (κ1) is 19.9. The molecule has 3 aromatic carbocycles. The summed E-state index contributed by atoms with van der Waals surface area (Å²) in [5.74, 6) is 0.517. The molecule has 0 fully saturated rings. The van der Waals surface area contributed by atoms with Gasteiger partial charge in [0.1, 0.15) is 5.76 Å². The van der Waals surface area contributed by atoms with Crippen LogP contribution in [0.2, 0.25) is 0 Å². The summed E-state index contributed by atoms with van der Waals surface area (Å²) in [5.41, 5.74) is 5.42. The van der Waals surface area contributed by atoms with Gasteiger partial charge in [-0.1, -0.05) is 88.0 Å². The molecule has 1 aromatic heterocycles. The van der Waals surface area contributed by atoms with Crippen molar-refractivity contribution in [3.63, 3.8) is 0 Å². The molecular formula is C28H27NO. The molecule has 0 spiro atoms. The number of hydrogen-bond acceptors (Lipinski definition) is 2. The molecule has 0 amide bonds. The van der Waals surface area contributed by atoms with Crippen molar-refractivity contribution in [3.8, 4) is 11.1 Å². The van der Waals surface area contributed by atoms with Gasteiger partial charge in [0.15, 0.2) is 0 Å². The Morgan fingerprint density at radius 3 is 2.37 bits per heavy atom. The van der Waals surface area contributed by atoms with Crippen LogP contribution in [0, 0.1) is 5.92 Å². The minimum absolute atomic E-state index is 0.254. The summed E-state index contributed by atoms with van der Waals surface area (Å²) in [6.45, 7) is 10.5. The zero-order valence-corrected chi connectivity index (χ0v) is 17.8. The second-order valence-corrected chi connectivity index (χ2v) is 7.96. The van der Waals surface area contributed by atoms with Crippen LogP contribution in [0.15, 0.2) is 90.7 Å². The molecule has 1 N–H and O–H groups in total. The molecule has 2 heteroatoms. The Balaban J connectivity index is 2.03. The van der Waals surface area contributed by atoms with E-state index in [-0.39, 0.29) is 11.7 Å². The molecule has 0 unspecified atom stereocenters. The zero-order valence-electron chi connectivity index (χ0n) is 17.8. The average Bonchev–Trinajstić information content (AvgIpc) is 2.78. The molecule has 0 aliphatic rings. The van der Waals surface area contributed by atoms with Crippen LogP contribution in [0.3, 0.4) is 0 Å².